The number of rotatable bonds is 3. The summed E-state index contributed by atoms with van der Waals surface area (Å²) in [6, 6.07) is 10.5. The lowest BCUT2D eigenvalue weighted by molar-refractivity contribution is 0.215. The van der Waals surface area contributed by atoms with E-state index in [9.17, 15) is 13.6 Å². The van der Waals surface area contributed by atoms with Crippen LogP contribution < -0.4 is 10.1 Å². The van der Waals surface area contributed by atoms with Crippen LogP contribution in [0.25, 0.3) is 0 Å². The minimum Gasteiger partial charge on any atom is -0.495 e. The van der Waals surface area contributed by atoms with Crippen molar-refractivity contribution in [2.75, 3.05) is 31.3 Å². The van der Waals surface area contributed by atoms with Gasteiger partial charge in [0.15, 0.2) is 0 Å². The Labute approximate surface area is 155 Å². The molecule has 2 amide bonds. The number of hydrogen-bond acceptors (Lipinski definition) is 3. The van der Waals surface area contributed by atoms with E-state index in [4.69, 9.17) is 4.74 Å². The average molecular weight is 378 g/mol. The standard InChI is InChI=1S/C19H20F2N2O2S/c1-25-17-5-3-2-4-16(17)22-19(24)23-9-8-18(26-11-10-23)14-12-13(20)6-7-15(14)21/h2-7,12,18H,8-11H2,1H3,(H,22,24). The molecular weight excluding hydrogens is 358 g/mol. The Balaban J connectivity index is 1.66. The number of nitrogens with zero attached hydrogens (tertiary/aromatic N) is 1. The number of hydrogen-bond donors (Lipinski definition) is 1. The summed E-state index contributed by atoms with van der Waals surface area (Å²) in [5.41, 5.74) is 0.964. The van der Waals surface area contributed by atoms with Crippen LogP contribution in [0.3, 0.4) is 0 Å². The van der Waals surface area contributed by atoms with E-state index in [1.54, 1.807) is 35.9 Å². The van der Waals surface area contributed by atoms with Crippen molar-refractivity contribution in [3.63, 3.8) is 0 Å². The number of urea groups is 1. The van der Waals surface area contributed by atoms with E-state index < -0.39 is 11.6 Å². The highest BCUT2D eigenvalue weighted by atomic mass is 32.2. The lowest BCUT2D eigenvalue weighted by Gasteiger charge is -2.21. The minimum absolute atomic E-state index is 0.172. The normalized spacial score (nSPS) is 17.5. The summed E-state index contributed by atoms with van der Waals surface area (Å²) in [4.78, 5) is 14.3. The van der Waals surface area contributed by atoms with Crippen molar-refractivity contribution < 1.29 is 18.3 Å². The van der Waals surface area contributed by atoms with Crippen LogP contribution in [-0.2, 0) is 0 Å². The van der Waals surface area contributed by atoms with Crippen LogP contribution in [0.2, 0.25) is 0 Å². The van der Waals surface area contributed by atoms with E-state index in [1.165, 1.54) is 6.07 Å². The molecule has 0 bridgehead atoms. The molecular formula is C19H20F2N2O2S. The lowest BCUT2D eigenvalue weighted by Crippen LogP contribution is -2.36. The van der Waals surface area contributed by atoms with E-state index in [2.05, 4.69) is 5.32 Å². The van der Waals surface area contributed by atoms with Crippen LogP contribution in [0.15, 0.2) is 42.5 Å². The first-order valence-corrected chi connectivity index (χ1v) is 9.39. The molecule has 0 aromatic heterocycles. The highest BCUT2D eigenvalue weighted by molar-refractivity contribution is 7.99. The number of para-hydroxylation sites is 2. The third-order valence-corrected chi connectivity index (χ3v) is 5.59. The molecule has 4 nitrogen and oxygen atoms in total. The highest BCUT2D eigenvalue weighted by Gasteiger charge is 2.24. The summed E-state index contributed by atoms with van der Waals surface area (Å²) in [6.07, 6.45) is 0.560. The lowest BCUT2D eigenvalue weighted by atomic mass is 10.1. The molecule has 7 heteroatoms. The van der Waals surface area contributed by atoms with Crippen LogP contribution >= 0.6 is 11.8 Å². The van der Waals surface area contributed by atoms with Crippen LogP contribution in [0.1, 0.15) is 17.2 Å². The second-order valence-electron chi connectivity index (χ2n) is 5.93. The molecule has 0 saturated carbocycles. The van der Waals surface area contributed by atoms with Gasteiger partial charge in [-0.25, -0.2) is 13.6 Å². The van der Waals surface area contributed by atoms with Gasteiger partial charge in [-0.15, -0.1) is 0 Å². The average Bonchev–Trinajstić information content (AvgIpc) is 2.90. The second-order valence-corrected chi connectivity index (χ2v) is 7.24. The van der Waals surface area contributed by atoms with Gasteiger partial charge in [-0.1, -0.05) is 12.1 Å². The van der Waals surface area contributed by atoms with Gasteiger partial charge in [-0.05, 0) is 36.8 Å². The van der Waals surface area contributed by atoms with Crippen molar-refractivity contribution >= 4 is 23.5 Å². The number of halogens is 2. The van der Waals surface area contributed by atoms with Crippen LogP contribution in [0.4, 0.5) is 19.3 Å². The van der Waals surface area contributed by atoms with Crippen LogP contribution in [0, 0.1) is 11.6 Å². The molecule has 1 aliphatic rings. The predicted octanol–water partition coefficient (Wildman–Crippen LogP) is 4.69. The molecule has 2 aromatic rings. The van der Waals surface area contributed by atoms with Gasteiger partial charge >= 0.3 is 6.03 Å². The largest absolute Gasteiger partial charge is 0.495 e. The zero-order chi connectivity index (χ0) is 18.5. The first-order chi connectivity index (χ1) is 12.6. The Morgan fingerprint density at radius 1 is 1.23 bits per heavy atom. The Morgan fingerprint density at radius 2 is 2.04 bits per heavy atom. The Hall–Kier alpha value is -2.28. The first-order valence-electron chi connectivity index (χ1n) is 8.34. The number of anilines is 1. The Kier molecular flexibility index (Phi) is 5.98. The smallest absolute Gasteiger partial charge is 0.321 e. The maximum absolute atomic E-state index is 14.0. The van der Waals surface area contributed by atoms with Crippen molar-refractivity contribution in [1.29, 1.82) is 0 Å². The molecule has 0 aliphatic carbocycles. The second kappa shape index (κ2) is 8.40. The zero-order valence-corrected chi connectivity index (χ0v) is 15.2. The van der Waals surface area contributed by atoms with Crippen molar-refractivity contribution in [2.45, 2.75) is 11.7 Å². The van der Waals surface area contributed by atoms with Gasteiger partial charge in [-0.3, -0.25) is 0 Å². The fourth-order valence-electron chi connectivity index (χ4n) is 2.93. The monoisotopic (exact) mass is 378 g/mol. The molecule has 1 heterocycles. The topological polar surface area (TPSA) is 41.6 Å². The van der Waals surface area contributed by atoms with E-state index >= 15 is 0 Å². The van der Waals surface area contributed by atoms with Gasteiger partial charge in [0.2, 0.25) is 0 Å². The number of ether oxygens (including phenoxy) is 1. The third kappa shape index (κ3) is 4.27. The molecule has 1 N–H and O–H groups in total. The van der Waals surface area contributed by atoms with Gasteiger partial charge in [0.1, 0.15) is 17.4 Å². The zero-order valence-electron chi connectivity index (χ0n) is 14.4. The number of nitrogens with one attached hydrogen (secondary N) is 1. The molecule has 1 unspecified atom stereocenters. The van der Waals surface area contributed by atoms with Crippen molar-refractivity contribution in [1.82, 2.24) is 4.90 Å². The van der Waals surface area contributed by atoms with E-state index in [1.807, 2.05) is 12.1 Å². The molecule has 1 aliphatic heterocycles. The SMILES string of the molecule is COc1ccccc1NC(=O)N1CCSC(c2cc(F)ccc2F)CC1. The molecule has 1 saturated heterocycles. The number of benzene rings is 2. The summed E-state index contributed by atoms with van der Waals surface area (Å²) in [6.45, 7) is 1.01. The molecule has 1 fully saturated rings. The summed E-state index contributed by atoms with van der Waals surface area (Å²) < 4.78 is 32.7. The van der Waals surface area contributed by atoms with Crippen LogP contribution in [0.5, 0.6) is 5.75 Å². The van der Waals surface area contributed by atoms with Gasteiger partial charge in [0.25, 0.3) is 0 Å². The molecule has 1 atom stereocenters. The van der Waals surface area contributed by atoms with E-state index in [-0.39, 0.29) is 11.3 Å². The number of carbonyl (C=O) groups is 1. The molecule has 26 heavy (non-hydrogen) atoms. The summed E-state index contributed by atoms with van der Waals surface area (Å²) >= 11 is 1.54. The van der Waals surface area contributed by atoms with Crippen molar-refractivity contribution in [3.05, 3.63) is 59.7 Å². The maximum atomic E-state index is 14.0. The Morgan fingerprint density at radius 3 is 2.85 bits per heavy atom. The summed E-state index contributed by atoms with van der Waals surface area (Å²) in [7, 11) is 1.55. The van der Waals surface area contributed by atoms with Gasteiger partial charge in [0, 0.05) is 29.7 Å². The quantitative estimate of drug-likeness (QED) is 0.843. The molecule has 138 valence electrons. The molecule has 2 aromatic carbocycles. The number of methoxy groups -OCH3 is 1. The van der Waals surface area contributed by atoms with Crippen molar-refractivity contribution in [2.24, 2.45) is 0 Å². The minimum atomic E-state index is -0.447. The number of carbonyl (C=O) groups excluding carboxylic acids is 1. The Bertz CT molecular complexity index is 788. The van der Waals surface area contributed by atoms with E-state index in [0.29, 0.717) is 42.3 Å². The third-order valence-electron chi connectivity index (χ3n) is 4.28. The predicted molar refractivity (Wildman–Crippen MR) is 99.8 cm³/mol. The summed E-state index contributed by atoms with van der Waals surface area (Å²) in [5.74, 6) is 0.387. The molecule has 0 radical (unpaired) electrons. The fourth-order valence-corrected chi connectivity index (χ4v) is 4.17. The summed E-state index contributed by atoms with van der Waals surface area (Å²) in [5, 5.41) is 2.68. The highest BCUT2D eigenvalue weighted by Crippen LogP contribution is 2.36. The van der Waals surface area contributed by atoms with Gasteiger partial charge in [-0.2, -0.15) is 11.8 Å². The number of amides is 2. The van der Waals surface area contributed by atoms with Crippen LogP contribution in [-0.4, -0.2) is 36.9 Å². The van der Waals surface area contributed by atoms with Gasteiger partial charge in [0.05, 0.1) is 12.8 Å². The van der Waals surface area contributed by atoms with Gasteiger partial charge < -0.3 is 15.0 Å². The van der Waals surface area contributed by atoms with E-state index in [0.717, 1.165) is 12.1 Å². The molecule has 3 rings (SSSR count). The van der Waals surface area contributed by atoms with Crippen molar-refractivity contribution in [3.8, 4) is 5.75 Å². The first kappa shape index (κ1) is 18.5. The molecule has 0 spiro atoms. The number of thioether (sulfide) groups is 1. The fraction of sp³-hybridized carbons (Fsp3) is 0.316. The maximum Gasteiger partial charge on any atom is 0.321 e.